The molecule has 35 heavy (non-hydrogen) atoms. The summed E-state index contributed by atoms with van der Waals surface area (Å²) in [6.07, 6.45) is -2.59. The number of nitrogens with two attached hydrogens (primary N) is 1. The van der Waals surface area contributed by atoms with E-state index in [1.807, 2.05) is 24.3 Å². The van der Waals surface area contributed by atoms with Crippen molar-refractivity contribution in [2.75, 3.05) is 0 Å². The summed E-state index contributed by atoms with van der Waals surface area (Å²) in [5, 5.41) is 11.3. The first-order valence-electron chi connectivity index (χ1n) is 12.3. The van der Waals surface area contributed by atoms with Gasteiger partial charge in [-0.15, -0.1) is 0 Å². The van der Waals surface area contributed by atoms with Crippen molar-refractivity contribution in [3.63, 3.8) is 0 Å². The molecule has 4 aliphatic carbocycles. The molecule has 2 fully saturated rings. The zero-order valence-corrected chi connectivity index (χ0v) is 19.6. The fourth-order valence-electron chi connectivity index (χ4n) is 7.60. The zero-order valence-electron chi connectivity index (χ0n) is 19.6. The van der Waals surface area contributed by atoms with Crippen LogP contribution in [0.1, 0.15) is 68.9 Å². The van der Waals surface area contributed by atoms with E-state index in [4.69, 9.17) is 5.73 Å². The summed E-state index contributed by atoms with van der Waals surface area (Å²) in [6.45, 7) is 1.76. The number of rotatable bonds is 3. The lowest BCUT2D eigenvalue weighted by Crippen LogP contribution is -2.65. The van der Waals surface area contributed by atoms with Gasteiger partial charge in [0.1, 0.15) is 5.60 Å². The predicted octanol–water partition coefficient (Wildman–Crippen LogP) is 5.97. The van der Waals surface area contributed by atoms with Gasteiger partial charge in [-0.1, -0.05) is 36.8 Å². The second-order valence-electron chi connectivity index (χ2n) is 10.9. The number of fused-ring (bicyclic) bond motifs is 4. The van der Waals surface area contributed by atoms with Gasteiger partial charge in [-0.25, -0.2) is 0 Å². The average molecular weight is 496 g/mol. The van der Waals surface area contributed by atoms with Crippen LogP contribution in [-0.2, 0) is 11.3 Å². The van der Waals surface area contributed by atoms with Gasteiger partial charge in [0.05, 0.1) is 0 Å². The van der Waals surface area contributed by atoms with Crippen molar-refractivity contribution < 1.29 is 31.9 Å². The maximum absolute atomic E-state index is 15.0. The van der Waals surface area contributed by atoms with Gasteiger partial charge in [-0.2, -0.15) is 22.0 Å². The van der Waals surface area contributed by atoms with Crippen LogP contribution in [0.3, 0.4) is 0 Å². The highest BCUT2D eigenvalue weighted by Crippen LogP contribution is 2.70. The van der Waals surface area contributed by atoms with Crippen LogP contribution in [0.2, 0.25) is 0 Å². The Hall–Kier alpha value is -2.06. The molecule has 5 atom stereocenters. The molecule has 3 nitrogen and oxygen atoms in total. The van der Waals surface area contributed by atoms with Gasteiger partial charge in [0.2, 0.25) is 0 Å². The summed E-state index contributed by atoms with van der Waals surface area (Å²) in [6, 6.07) is 7.42. The molecule has 0 radical (unpaired) electrons. The average Bonchev–Trinajstić information content (AvgIpc) is 3.09. The summed E-state index contributed by atoms with van der Waals surface area (Å²) in [5.74, 6) is -6.30. The molecule has 190 valence electrons. The smallest absolute Gasteiger partial charge is 0.383 e. The number of halogens is 5. The van der Waals surface area contributed by atoms with Crippen LogP contribution < -0.4 is 5.73 Å². The number of hydrogen-bond acceptors (Lipinski definition) is 3. The predicted molar refractivity (Wildman–Crippen MR) is 121 cm³/mol. The third-order valence-corrected chi connectivity index (χ3v) is 9.38. The minimum absolute atomic E-state index is 0.0155. The molecule has 0 aromatic heterocycles. The van der Waals surface area contributed by atoms with E-state index in [0.717, 1.165) is 27.8 Å². The number of carbonyl (C=O) groups is 1. The van der Waals surface area contributed by atoms with Crippen LogP contribution in [-0.4, -0.2) is 28.6 Å². The van der Waals surface area contributed by atoms with Gasteiger partial charge in [-0.05, 0) is 78.7 Å². The summed E-state index contributed by atoms with van der Waals surface area (Å²) < 4.78 is 70.7. The number of aliphatic hydroxyl groups is 1. The largest absolute Gasteiger partial charge is 0.456 e. The fourth-order valence-corrected chi connectivity index (χ4v) is 7.60. The van der Waals surface area contributed by atoms with Crippen LogP contribution in [0.4, 0.5) is 22.0 Å². The molecule has 0 heterocycles. The van der Waals surface area contributed by atoms with Crippen molar-refractivity contribution in [1.29, 1.82) is 0 Å². The van der Waals surface area contributed by atoms with Crippen molar-refractivity contribution in [3.05, 3.63) is 58.2 Å². The fraction of sp³-hybridized carbons (Fsp3) is 0.593. The van der Waals surface area contributed by atoms with E-state index < -0.39 is 41.4 Å². The van der Waals surface area contributed by atoms with Gasteiger partial charge >= 0.3 is 12.1 Å². The zero-order chi connectivity index (χ0) is 25.4. The second-order valence-corrected chi connectivity index (χ2v) is 10.9. The molecule has 0 amide bonds. The van der Waals surface area contributed by atoms with Crippen LogP contribution in [0, 0.1) is 17.3 Å². The minimum atomic E-state index is -5.84. The summed E-state index contributed by atoms with van der Waals surface area (Å²) in [4.78, 5) is 12.1. The molecule has 0 bridgehead atoms. The van der Waals surface area contributed by atoms with Crippen molar-refractivity contribution in [3.8, 4) is 0 Å². The van der Waals surface area contributed by atoms with Crippen LogP contribution in [0.15, 0.2) is 47.1 Å². The number of carbonyl (C=O) groups excluding carboxylic acids is 1. The molecule has 1 aromatic carbocycles. The molecule has 2 saturated carbocycles. The lowest BCUT2D eigenvalue weighted by molar-refractivity contribution is -0.362. The quantitative estimate of drug-likeness (QED) is 0.508. The Balaban J connectivity index is 1.68. The SMILES string of the molecule is C[C@]12C[C@H](c3ccc(CN)cc3)C3=C4CCC(=O)C=C4CC[C@H]3[C@@H]1CC[C@]2(O)C(F)(F)C(F)(F)F. The van der Waals surface area contributed by atoms with E-state index in [1.54, 1.807) is 6.08 Å². The van der Waals surface area contributed by atoms with E-state index in [9.17, 15) is 31.9 Å². The molecule has 0 unspecified atom stereocenters. The first kappa shape index (κ1) is 24.6. The maximum Gasteiger partial charge on any atom is 0.456 e. The highest BCUT2D eigenvalue weighted by Gasteiger charge is 2.79. The third-order valence-electron chi connectivity index (χ3n) is 9.38. The Morgan fingerprint density at radius 2 is 1.74 bits per heavy atom. The summed E-state index contributed by atoms with van der Waals surface area (Å²) in [7, 11) is 0. The van der Waals surface area contributed by atoms with Gasteiger partial charge in [0, 0.05) is 24.3 Å². The highest BCUT2D eigenvalue weighted by molar-refractivity contribution is 5.93. The van der Waals surface area contributed by atoms with Crippen LogP contribution in [0.25, 0.3) is 0 Å². The lowest BCUT2D eigenvalue weighted by Gasteiger charge is -2.56. The Bertz CT molecular complexity index is 1110. The van der Waals surface area contributed by atoms with E-state index in [2.05, 4.69) is 0 Å². The molecule has 3 N–H and O–H groups in total. The molecular weight excluding hydrogens is 465 g/mol. The van der Waals surface area contributed by atoms with Crippen LogP contribution >= 0.6 is 0 Å². The topological polar surface area (TPSA) is 63.3 Å². The van der Waals surface area contributed by atoms with Crippen molar-refractivity contribution in [2.45, 2.75) is 82.0 Å². The Kier molecular flexibility index (Phi) is 5.61. The molecule has 8 heteroatoms. The van der Waals surface area contributed by atoms with Gasteiger partial charge in [0.15, 0.2) is 5.78 Å². The molecule has 5 rings (SSSR count). The Morgan fingerprint density at radius 3 is 2.37 bits per heavy atom. The maximum atomic E-state index is 15.0. The summed E-state index contributed by atoms with van der Waals surface area (Å²) in [5.41, 5.74) is 5.71. The van der Waals surface area contributed by atoms with E-state index >= 15 is 0 Å². The van der Waals surface area contributed by atoms with E-state index in [-0.39, 0.29) is 24.5 Å². The van der Waals surface area contributed by atoms with Gasteiger partial charge < -0.3 is 10.8 Å². The standard InChI is InChI=1S/C27H30F5NO2/c1-24-13-21(16-4-2-15(14-33)3-5-16)23-19-9-7-18(34)12-17(19)6-8-20(23)22(24)10-11-25(24,35)26(28,29)27(30,31)32/h2-5,12,20-22,35H,6-11,13-14,33H2,1H3/t20-,21+,22-,24-,25+/m0/s1. The lowest BCUT2D eigenvalue weighted by atomic mass is 9.50. The van der Waals surface area contributed by atoms with Crippen molar-refractivity contribution in [1.82, 2.24) is 0 Å². The van der Waals surface area contributed by atoms with E-state index in [1.165, 1.54) is 6.92 Å². The number of benzene rings is 1. The molecule has 0 aliphatic heterocycles. The van der Waals surface area contributed by atoms with Gasteiger partial charge in [0.25, 0.3) is 0 Å². The second kappa shape index (κ2) is 7.97. The molecule has 0 saturated heterocycles. The number of alkyl halides is 5. The van der Waals surface area contributed by atoms with E-state index in [0.29, 0.717) is 32.2 Å². The first-order valence-corrected chi connectivity index (χ1v) is 12.3. The number of hydrogen-bond donors (Lipinski definition) is 2. The Labute approximate surface area is 201 Å². The molecular formula is C27H30F5NO2. The van der Waals surface area contributed by atoms with Gasteiger partial charge in [-0.3, -0.25) is 4.79 Å². The Morgan fingerprint density at radius 1 is 1.06 bits per heavy atom. The molecule has 4 aliphatic rings. The third kappa shape index (κ3) is 3.39. The monoisotopic (exact) mass is 495 g/mol. The summed E-state index contributed by atoms with van der Waals surface area (Å²) >= 11 is 0. The minimum Gasteiger partial charge on any atom is -0.383 e. The van der Waals surface area contributed by atoms with Crippen molar-refractivity contribution >= 4 is 5.78 Å². The molecule has 0 spiro atoms. The van der Waals surface area contributed by atoms with Crippen molar-refractivity contribution in [2.24, 2.45) is 23.0 Å². The van der Waals surface area contributed by atoms with Crippen LogP contribution in [0.5, 0.6) is 0 Å². The number of ketones is 1. The normalized spacial score (nSPS) is 35.4. The number of allylic oxidation sites excluding steroid dienone is 4. The molecule has 1 aromatic rings. The first-order chi connectivity index (χ1) is 16.3. The highest BCUT2D eigenvalue weighted by atomic mass is 19.4.